The number of rotatable bonds is 8. The molecule has 0 unspecified atom stereocenters. The van der Waals surface area contributed by atoms with Crippen LogP contribution in [0.2, 0.25) is 0 Å². The van der Waals surface area contributed by atoms with Gasteiger partial charge in [0.15, 0.2) is 11.5 Å². The second kappa shape index (κ2) is 8.86. The van der Waals surface area contributed by atoms with Crippen molar-refractivity contribution >= 4 is 11.6 Å². The number of aromatic nitrogens is 1. The molecule has 2 aromatic carbocycles. The fourth-order valence-corrected chi connectivity index (χ4v) is 3.75. The van der Waals surface area contributed by atoms with Crippen LogP contribution >= 0.6 is 0 Å². The summed E-state index contributed by atoms with van der Waals surface area (Å²) in [7, 11) is 3.25. The molecule has 0 bridgehead atoms. The number of carbonyl (C=O) groups is 1. The van der Waals surface area contributed by atoms with Crippen molar-refractivity contribution in [3.05, 3.63) is 83.2 Å². The third kappa shape index (κ3) is 4.08. The first-order valence-corrected chi connectivity index (χ1v) is 9.94. The van der Waals surface area contributed by atoms with E-state index in [-0.39, 0.29) is 5.91 Å². The maximum atomic E-state index is 13.1. The number of carbonyl (C=O) groups excluding carboxylic acids is 1. The molecule has 1 aromatic heterocycles. The van der Waals surface area contributed by atoms with Crippen molar-refractivity contribution in [2.45, 2.75) is 19.5 Å². The van der Waals surface area contributed by atoms with E-state index in [1.54, 1.807) is 26.6 Å². The maximum Gasteiger partial charge on any atom is 0.256 e. The number of hydrogen-bond acceptors (Lipinski definition) is 5. The van der Waals surface area contributed by atoms with Crippen molar-refractivity contribution in [2.24, 2.45) is 0 Å². The van der Waals surface area contributed by atoms with Gasteiger partial charge in [-0.05, 0) is 53.4 Å². The van der Waals surface area contributed by atoms with E-state index in [0.717, 1.165) is 34.4 Å². The standard InChI is InChI=1S/C24H25N3O3/c1-29-21-7-6-17(14-22(21)30-2)10-13-27-16-19-4-3-5-20(23(19)24(27)28)26-15-18-8-11-25-12-9-18/h3-9,11-12,14,26H,10,13,15-16H2,1-2H3. The Kier molecular flexibility index (Phi) is 5.84. The summed E-state index contributed by atoms with van der Waals surface area (Å²) < 4.78 is 10.7. The van der Waals surface area contributed by atoms with Crippen molar-refractivity contribution in [2.75, 3.05) is 26.1 Å². The smallest absolute Gasteiger partial charge is 0.256 e. The number of nitrogens with zero attached hydrogens (tertiary/aromatic N) is 2. The minimum Gasteiger partial charge on any atom is -0.493 e. The lowest BCUT2D eigenvalue weighted by molar-refractivity contribution is 0.0781. The lowest BCUT2D eigenvalue weighted by Crippen LogP contribution is -2.26. The van der Waals surface area contributed by atoms with Gasteiger partial charge >= 0.3 is 0 Å². The molecule has 0 saturated heterocycles. The van der Waals surface area contributed by atoms with Gasteiger partial charge in [-0.1, -0.05) is 18.2 Å². The zero-order chi connectivity index (χ0) is 20.9. The number of anilines is 1. The number of methoxy groups -OCH3 is 2. The molecule has 3 aromatic rings. The maximum absolute atomic E-state index is 13.1. The third-order valence-corrected chi connectivity index (χ3v) is 5.36. The largest absolute Gasteiger partial charge is 0.493 e. The minimum absolute atomic E-state index is 0.0725. The third-order valence-electron chi connectivity index (χ3n) is 5.36. The first-order valence-electron chi connectivity index (χ1n) is 9.94. The number of hydrogen-bond donors (Lipinski definition) is 1. The fraction of sp³-hybridized carbons (Fsp3) is 0.250. The molecule has 30 heavy (non-hydrogen) atoms. The van der Waals surface area contributed by atoms with E-state index in [9.17, 15) is 4.79 Å². The molecule has 0 radical (unpaired) electrons. The van der Waals surface area contributed by atoms with E-state index in [2.05, 4.69) is 10.3 Å². The predicted molar refractivity (Wildman–Crippen MR) is 116 cm³/mol. The molecule has 0 saturated carbocycles. The van der Waals surface area contributed by atoms with E-state index >= 15 is 0 Å². The summed E-state index contributed by atoms with van der Waals surface area (Å²) in [5.41, 5.74) is 4.94. The first kappa shape index (κ1) is 19.8. The molecule has 1 N–H and O–H groups in total. The lowest BCUT2D eigenvalue weighted by Gasteiger charge is -2.16. The molecule has 4 rings (SSSR count). The zero-order valence-electron chi connectivity index (χ0n) is 17.2. The van der Waals surface area contributed by atoms with Crippen molar-refractivity contribution in [1.29, 1.82) is 0 Å². The van der Waals surface area contributed by atoms with E-state index in [1.807, 2.05) is 53.4 Å². The quantitative estimate of drug-likeness (QED) is 0.618. The molecular weight excluding hydrogens is 378 g/mol. The van der Waals surface area contributed by atoms with Crippen LogP contribution in [-0.2, 0) is 19.5 Å². The molecule has 1 amide bonds. The lowest BCUT2D eigenvalue weighted by atomic mass is 10.1. The molecule has 6 nitrogen and oxygen atoms in total. The van der Waals surface area contributed by atoms with Crippen LogP contribution in [-0.4, -0.2) is 36.6 Å². The van der Waals surface area contributed by atoms with Crippen LogP contribution in [0.5, 0.6) is 11.5 Å². The Balaban J connectivity index is 1.44. The van der Waals surface area contributed by atoms with Gasteiger partial charge in [0.2, 0.25) is 0 Å². The first-order chi connectivity index (χ1) is 14.7. The number of fused-ring (bicyclic) bond motifs is 1. The molecule has 0 spiro atoms. The van der Waals surface area contributed by atoms with Gasteiger partial charge in [-0.3, -0.25) is 9.78 Å². The van der Waals surface area contributed by atoms with E-state index in [1.165, 1.54) is 0 Å². The van der Waals surface area contributed by atoms with Gasteiger partial charge in [-0.25, -0.2) is 0 Å². The molecule has 0 aliphatic carbocycles. The SMILES string of the molecule is COc1ccc(CCN2Cc3cccc(NCc4ccncc4)c3C2=O)cc1OC. The fourth-order valence-electron chi connectivity index (χ4n) is 3.75. The highest BCUT2D eigenvalue weighted by Gasteiger charge is 2.29. The summed E-state index contributed by atoms with van der Waals surface area (Å²) in [5, 5.41) is 3.41. The molecule has 1 aliphatic heterocycles. The summed E-state index contributed by atoms with van der Waals surface area (Å²) in [6.45, 7) is 1.93. The number of amides is 1. The van der Waals surface area contributed by atoms with Crippen molar-refractivity contribution < 1.29 is 14.3 Å². The normalized spacial score (nSPS) is 12.6. The Hall–Kier alpha value is -3.54. The Labute approximate surface area is 176 Å². The highest BCUT2D eigenvalue weighted by atomic mass is 16.5. The number of nitrogens with one attached hydrogen (secondary N) is 1. The van der Waals surface area contributed by atoms with Gasteiger partial charge in [-0.2, -0.15) is 0 Å². The van der Waals surface area contributed by atoms with Gasteiger partial charge in [0.25, 0.3) is 5.91 Å². The molecule has 154 valence electrons. The molecule has 0 fully saturated rings. The molecule has 6 heteroatoms. The highest BCUT2D eigenvalue weighted by Crippen LogP contribution is 2.31. The summed E-state index contributed by atoms with van der Waals surface area (Å²) in [6.07, 6.45) is 4.29. The number of ether oxygens (including phenoxy) is 2. The van der Waals surface area contributed by atoms with Crippen LogP contribution < -0.4 is 14.8 Å². The monoisotopic (exact) mass is 403 g/mol. The van der Waals surface area contributed by atoms with Gasteiger partial charge < -0.3 is 19.7 Å². The van der Waals surface area contributed by atoms with E-state index < -0.39 is 0 Å². The Morgan fingerprint density at radius 1 is 1.00 bits per heavy atom. The summed E-state index contributed by atoms with van der Waals surface area (Å²) in [5.74, 6) is 1.48. The van der Waals surface area contributed by atoms with Crippen LogP contribution in [0.25, 0.3) is 0 Å². The van der Waals surface area contributed by atoms with Crippen LogP contribution in [0.15, 0.2) is 60.9 Å². The van der Waals surface area contributed by atoms with Gasteiger partial charge in [-0.15, -0.1) is 0 Å². The average Bonchev–Trinajstić information content (AvgIpc) is 3.12. The number of pyridine rings is 1. The van der Waals surface area contributed by atoms with Crippen molar-refractivity contribution in [3.8, 4) is 11.5 Å². The van der Waals surface area contributed by atoms with Gasteiger partial charge in [0.05, 0.1) is 19.8 Å². The molecular formula is C24H25N3O3. The average molecular weight is 403 g/mol. The van der Waals surface area contributed by atoms with Gasteiger partial charge in [0.1, 0.15) is 0 Å². The summed E-state index contributed by atoms with van der Waals surface area (Å²) >= 11 is 0. The van der Waals surface area contributed by atoms with Gasteiger partial charge in [0, 0.05) is 37.7 Å². The van der Waals surface area contributed by atoms with Crippen LogP contribution in [0.1, 0.15) is 27.0 Å². The van der Waals surface area contributed by atoms with Crippen LogP contribution in [0.3, 0.4) is 0 Å². The second-order valence-corrected chi connectivity index (χ2v) is 7.21. The van der Waals surface area contributed by atoms with Crippen molar-refractivity contribution in [1.82, 2.24) is 9.88 Å². The summed E-state index contributed by atoms with van der Waals surface area (Å²) in [4.78, 5) is 19.0. The number of benzene rings is 2. The predicted octanol–water partition coefficient (Wildman–Crippen LogP) is 3.91. The molecule has 2 heterocycles. The Morgan fingerprint density at radius 2 is 1.80 bits per heavy atom. The summed E-state index contributed by atoms with van der Waals surface area (Å²) in [6, 6.07) is 15.8. The minimum atomic E-state index is 0.0725. The zero-order valence-corrected chi connectivity index (χ0v) is 17.2. The Morgan fingerprint density at radius 3 is 2.57 bits per heavy atom. The molecule has 0 atom stereocenters. The van der Waals surface area contributed by atoms with Crippen LogP contribution in [0.4, 0.5) is 5.69 Å². The van der Waals surface area contributed by atoms with Crippen LogP contribution in [0, 0.1) is 0 Å². The highest BCUT2D eigenvalue weighted by molar-refractivity contribution is 6.03. The topological polar surface area (TPSA) is 63.7 Å². The van der Waals surface area contributed by atoms with E-state index in [0.29, 0.717) is 31.1 Å². The van der Waals surface area contributed by atoms with Crippen molar-refractivity contribution in [3.63, 3.8) is 0 Å². The second-order valence-electron chi connectivity index (χ2n) is 7.21. The Bertz CT molecular complexity index is 1040. The van der Waals surface area contributed by atoms with E-state index in [4.69, 9.17) is 9.47 Å². The molecule has 1 aliphatic rings.